The van der Waals surface area contributed by atoms with Gasteiger partial charge in [-0.1, -0.05) is 60.7 Å². The number of fused-ring (bicyclic) bond motifs is 1. The first-order chi connectivity index (χ1) is 12.7. The predicted octanol–water partition coefficient (Wildman–Crippen LogP) is 3.67. The Balaban J connectivity index is 1.66. The Labute approximate surface area is 151 Å². The van der Waals surface area contributed by atoms with Gasteiger partial charge in [-0.05, 0) is 5.56 Å². The Morgan fingerprint density at radius 3 is 2.46 bits per heavy atom. The number of imidazole rings is 1. The van der Waals surface area contributed by atoms with E-state index >= 15 is 0 Å². The van der Waals surface area contributed by atoms with Gasteiger partial charge in [0.25, 0.3) is 5.91 Å². The maximum Gasteiger partial charge on any atom is 0.274 e. The molecule has 128 valence electrons. The molecule has 2 aromatic carbocycles. The van der Waals surface area contributed by atoms with Gasteiger partial charge in [0.1, 0.15) is 11.4 Å². The minimum atomic E-state index is -0.114. The summed E-state index contributed by atoms with van der Waals surface area (Å²) < 4.78 is 1.85. The highest BCUT2D eigenvalue weighted by Gasteiger charge is 2.18. The van der Waals surface area contributed by atoms with E-state index in [1.54, 1.807) is 24.3 Å². The summed E-state index contributed by atoms with van der Waals surface area (Å²) in [4.78, 5) is 23.5. The zero-order valence-electron chi connectivity index (χ0n) is 14.4. The first kappa shape index (κ1) is 16.0. The summed E-state index contributed by atoms with van der Waals surface area (Å²) in [5, 5.41) is 0. The Hall–Kier alpha value is -3.47. The van der Waals surface area contributed by atoms with Crippen molar-refractivity contribution in [3.05, 3.63) is 90.5 Å². The molecule has 0 unspecified atom stereocenters. The highest BCUT2D eigenvalue weighted by atomic mass is 16.2. The Morgan fingerprint density at radius 1 is 1.04 bits per heavy atom. The zero-order valence-corrected chi connectivity index (χ0v) is 14.4. The quantitative estimate of drug-likeness (QED) is 0.569. The molecular weight excluding hydrogens is 324 g/mol. The summed E-state index contributed by atoms with van der Waals surface area (Å²) in [5.41, 5.74) is 3.90. The maximum atomic E-state index is 12.8. The molecule has 2 heterocycles. The molecule has 0 atom stereocenters. The lowest BCUT2D eigenvalue weighted by Gasteiger charge is -2.15. The first-order valence-electron chi connectivity index (χ1n) is 8.41. The molecule has 4 rings (SSSR count). The van der Waals surface area contributed by atoms with E-state index < -0.39 is 0 Å². The van der Waals surface area contributed by atoms with Crippen LogP contribution in [0.2, 0.25) is 0 Å². The van der Waals surface area contributed by atoms with Crippen LogP contribution < -0.4 is 0 Å². The molecule has 0 aliphatic heterocycles. The molecule has 0 bridgehead atoms. The predicted molar refractivity (Wildman–Crippen MR) is 101 cm³/mol. The average molecular weight is 342 g/mol. The second-order valence-corrected chi connectivity index (χ2v) is 6.15. The molecule has 5 heteroatoms. The number of hydrogen-bond donors (Lipinski definition) is 0. The van der Waals surface area contributed by atoms with Gasteiger partial charge in [-0.2, -0.15) is 0 Å². The first-order valence-corrected chi connectivity index (χ1v) is 8.41. The smallest absolute Gasteiger partial charge is 0.274 e. The molecule has 0 saturated carbocycles. The number of hydrogen-bond acceptors (Lipinski definition) is 3. The van der Waals surface area contributed by atoms with Crippen LogP contribution in [-0.2, 0) is 6.54 Å². The van der Waals surface area contributed by atoms with Crippen LogP contribution in [0.1, 0.15) is 16.1 Å². The maximum absolute atomic E-state index is 12.8. The van der Waals surface area contributed by atoms with Crippen LogP contribution in [0.3, 0.4) is 0 Å². The zero-order chi connectivity index (χ0) is 17.9. The summed E-state index contributed by atoms with van der Waals surface area (Å²) in [6, 6.07) is 19.8. The topological polar surface area (TPSA) is 50.5 Å². The van der Waals surface area contributed by atoms with Gasteiger partial charge < -0.3 is 9.30 Å². The van der Waals surface area contributed by atoms with Crippen molar-refractivity contribution in [2.75, 3.05) is 7.05 Å². The van der Waals surface area contributed by atoms with Gasteiger partial charge in [-0.15, -0.1) is 0 Å². The van der Waals surface area contributed by atoms with E-state index in [0.29, 0.717) is 17.9 Å². The number of amides is 1. The van der Waals surface area contributed by atoms with Crippen molar-refractivity contribution in [2.45, 2.75) is 6.54 Å². The van der Waals surface area contributed by atoms with Gasteiger partial charge >= 0.3 is 0 Å². The van der Waals surface area contributed by atoms with Crippen LogP contribution in [0.5, 0.6) is 0 Å². The molecule has 0 aliphatic carbocycles. The van der Waals surface area contributed by atoms with E-state index in [9.17, 15) is 4.79 Å². The fraction of sp³-hybridized carbons (Fsp3) is 0.0952. The highest BCUT2D eigenvalue weighted by Crippen LogP contribution is 2.21. The van der Waals surface area contributed by atoms with Gasteiger partial charge in [0.05, 0.1) is 0 Å². The molecule has 0 aliphatic rings. The lowest BCUT2D eigenvalue weighted by Crippen LogP contribution is -2.26. The van der Waals surface area contributed by atoms with Crippen molar-refractivity contribution >= 4 is 11.6 Å². The summed E-state index contributed by atoms with van der Waals surface area (Å²) in [6.45, 7) is 0.539. The molecule has 26 heavy (non-hydrogen) atoms. The number of rotatable bonds is 4. The fourth-order valence-electron chi connectivity index (χ4n) is 2.95. The van der Waals surface area contributed by atoms with Crippen LogP contribution in [-0.4, -0.2) is 32.2 Å². The third-order valence-corrected chi connectivity index (χ3v) is 4.25. The SMILES string of the molecule is CN(Cc1ccccc1)C(=O)c1cn2ccnc(-c3ccccc3)c2n1. The van der Waals surface area contributed by atoms with E-state index in [1.807, 2.05) is 71.3 Å². The summed E-state index contributed by atoms with van der Waals surface area (Å²) in [6.07, 6.45) is 5.29. The van der Waals surface area contributed by atoms with Gasteiger partial charge in [-0.3, -0.25) is 9.78 Å². The minimum Gasteiger partial charge on any atom is -0.336 e. The van der Waals surface area contributed by atoms with Crippen molar-refractivity contribution in [1.82, 2.24) is 19.3 Å². The van der Waals surface area contributed by atoms with Crippen molar-refractivity contribution in [3.8, 4) is 11.3 Å². The Kier molecular flexibility index (Phi) is 4.19. The van der Waals surface area contributed by atoms with E-state index in [0.717, 1.165) is 16.8 Å². The average Bonchev–Trinajstić information content (AvgIpc) is 3.13. The van der Waals surface area contributed by atoms with Gasteiger partial charge in [-0.25, -0.2) is 4.98 Å². The van der Waals surface area contributed by atoms with Crippen LogP contribution in [0.15, 0.2) is 79.3 Å². The summed E-state index contributed by atoms with van der Waals surface area (Å²) in [7, 11) is 1.79. The van der Waals surface area contributed by atoms with Gasteiger partial charge in [0.2, 0.25) is 0 Å². The number of benzene rings is 2. The molecule has 0 saturated heterocycles. The van der Waals surface area contributed by atoms with Crippen LogP contribution in [0, 0.1) is 0 Å². The highest BCUT2D eigenvalue weighted by molar-refractivity contribution is 5.93. The van der Waals surface area contributed by atoms with E-state index in [1.165, 1.54) is 0 Å². The number of carbonyl (C=O) groups is 1. The van der Waals surface area contributed by atoms with Crippen LogP contribution in [0.4, 0.5) is 0 Å². The molecule has 1 amide bonds. The summed E-state index contributed by atoms with van der Waals surface area (Å²) in [5.74, 6) is -0.114. The van der Waals surface area contributed by atoms with Crippen molar-refractivity contribution in [2.24, 2.45) is 0 Å². The van der Waals surface area contributed by atoms with Crippen LogP contribution >= 0.6 is 0 Å². The van der Waals surface area contributed by atoms with Gasteiger partial charge in [0, 0.05) is 37.7 Å². The molecule has 5 nitrogen and oxygen atoms in total. The third-order valence-electron chi connectivity index (χ3n) is 4.25. The lowest BCUT2D eigenvalue weighted by atomic mass is 10.1. The second-order valence-electron chi connectivity index (χ2n) is 6.15. The molecule has 2 aromatic heterocycles. The lowest BCUT2D eigenvalue weighted by molar-refractivity contribution is 0.0780. The van der Waals surface area contributed by atoms with Crippen molar-refractivity contribution in [1.29, 1.82) is 0 Å². The molecule has 4 aromatic rings. The third kappa shape index (κ3) is 3.07. The van der Waals surface area contributed by atoms with Crippen molar-refractivity contribution < 1.29 is 4.79 Å². The molecular formula is C21H18N4O. The number of nitrogens with zero attached hydrogens (tertiary/aromatic N) is 4. The fourth-order valence-corrected chi connectivity index (χ4v) is 2.95. The monoisotopic (exact) mass is 342 g/mol. The summed E-state index contributed by atoms with van der Waals surface area (Å²) >= 11 is 0. The van der Waals surface area contributed by atoms with E-state index in [-0.39, 0.29) is 5.91 Å². The molecule has 0 radical (unpaired) electrons. The normalized spacial score (nSPS) is 10.8. The van der Waals surface area contributed by atoms with Gasteiger partial charge in [0.15, 0.2) is 5.65 Å². The number of aromatic nitrogens is 3. The minimum absolute atomic E-state index is 0.114. The second kappa shape index (κ2) is 6.80. The molecule has 0 fully saturated rings. The largest absolute Gasteiger partial charge is 0.336 e. The van der Waals surface area contributed by atoms with E-state index in [2.05, 4.69) is 9.97 Å². The van der Waals surface area contributed by atoms with Crippen LogP contribution in [0.25, 0.3) is 16.9 Å². The molecule has 0 N–H and O–H groups in total. The van der Waals surface area contributed by atoms with Crippen molar-refractivity contribution in [3.63, 3.8) is 0 Å². The Morgan fingerprint density at radius 2 is 1.73 bits per heavy atom. The van der Waals surface area contributed by atoms with E-state index in [4.69, 9.17) is 0 Å². The number of carbonyl (C=O) groups excluding carboxylic acids is 1. The molecule has 0 spiro atoms. The Bertz CT molecular complexity index is 1040. The standard InChI is InChI=1S/C21H18N4O/c1-24(14-16-8-4-2-5-9-16)21(26)18-15-25-13-12-22-19(20(25)23-18)17-10-6-3-7-11-17/h2-13,15H,14H2,1H3.